The van der Waals surface area contributed by atoms with Crippen LogP contribution in [0.4, 0.5) is 0 Å². The van der Waals surface area contributed by atoms with Crippen LogP contribution < -0.4 is 21.7 Å². The minimum Gasteiger partial charge on any atom is -0.508 e. The molecule has 3 amide bonds. The summed E-state index contributed by atoms with van der Waals surface area (Å²) in [6.45, 7) is 0. The molecule has 0 aliphatic heterocycles. The second-order valence-electron chi connectivity index (χ2n) is 10.4. The van der Waals surface area contributed by atoms with Crippen molar-refractivity contribution in [3.63, 3.8) is 0 Å². The minimum atomic E-state index is -1.23. The molecule has 4 aromatic rings. The van der Waals surface area contributed by atoms with Gasteiger partial charge in [-0.1, -0.05) is 60.7 Å². The second kappa shape index (κ2) is 15.1. The fraction of sp³-hybridized carbons (Fsp3) is 0.250. The molecule has 0 spiro atoms. The normalized spacial score (nSPS) is 13.8. The van der Waals surface area contributed by atoms with Gasteiger partial charge >= 0.3 is 5.97 Å². The van der Waals surface area contributed by atoms with Crippen LogP contribution in [0.3, 0.4) is 0 Å². The Bertz CT molecular complexity index is 1590. The predicted molar refractivity (Wildman–Crippen MR) is 169 cm³/mol. The standard InChI is InChI=1S/C32H35N5O6S/c33-24(14-20-10-12-22(38)13-11-20)29(39)35-26(16-21-17-34-25-9-5-4-8-23(21)25)30(40)37-28(18-44)31(41)36-27(32(42)43)15-19-6-2-1-3-7-19/h1-13,17,24,26-28,34,38,44H,14-16,18,33H2,(H,35,39)(H,36,41)(H,37,40)(H,42,43). The lowest BCUT2D eigenvalue weighted by Crippen LogP contribution is -2.58. The average molecular weight is 618 g/mol. The van der Waals surface area contributed by atoms with E-state index in [9.17, 15) is 29.4 Å². The van der Waals surface area contributed by atoms with Crippen LogP contribution in [0.15, 0.2) is 85.1 Å². The first kappa shape index (κ1) is 32.1. The van der Waals surface area contributed by atoms with E-state index in [0.29, 0.717) is 0 Å². The Labute approximate surface area is 259 Å². The van der Waals surface area contributed by atoms with Crippen molar-refractivity contribution in [2.24, 2.45) is 5.73 Å². The van der Waals surface area contributed by atoms with Crippen molar-refractivity contribution >= 4 is 47.2 Å². The number of carbonyl (C=O) groups excluding carboxylic acids is 3. The van der Waals surface area contributed by atoms with Crippen LogP contribution in [-0.2, 0) is 38.4 Å². The summed E-state index contributed by atoms with van der Waals surface area (Å²) in [5, 5.41) is 27.9. The highest BCUT2D eigenvalue weighted by Crippen LogP contribution is 2.19. The number of carboxylic acid groups (broad SMARTS) is 1. The predicted octanol–water partition coefficient (Wildman–Crippen LogP) is 1.70. The monoisotopic (exact) mass is 617 g/mol. The maximum absolute atomic E-state index is 13.6. The van der Waals surface area contributed by atoms with Crippen molar-refractivity contribution in [2.45, 2.75) is 43.4 Å². The summed E-state index contributed by atoms with van der Waals surface area (Å²) in [6.07, 6.45) is 2.04. The molecule has 0 radical (unpaired) electrons. The molecule has 8 N–H and O–H groups in total. The topological polar surface area (TPSA) is 187 Å². The third-order valence-corrected chi connectivity index (χ3v) is 7.54. The number of hydrogen-bond donors (Lipinski definition) is 8. The molecule has 0 saturated carbocycles. The van der Waals surface area contributed by atoms with Gasteiger partial charge in [-0.2, -0.15) is 12.6 Å². The molecule has 4 rings (SSSR count). The number of nitrogens with two attached hydrogens (primary N) is 1. The zero-order valence-corrected chi connectivity index (χ0v) is 24.7. The number of aromatic hydroxyl groups is 1. The smallest absolute Gasteiger partial charge is 0.326 e. The number of thiol groups is 1. The highest BCUT2D eigenvalue weighted by atomic mass is 32.1. The number of aromatic nitrogens is 1. The Hall–Kier alpha value is -4.81. The van der Waals surface area contributed by atoms with Crippen LogP contribution in [0.5, 0.6) is 5.75 Å². The SMILES string of the molecule is NC(Cc1ccc(O)cc1)C(=O)NC(Cc1c[nH]c2ccccc12)C(=O)NC(CS)C(=O)NC(Cc1ccccc1)C(=O)O. The summed E-state index contributed by atoms with van der Waals surface area (Å²) < 4.78 is 0. The molecule has 0 saturated heterocycles. The summed E-state index contributed by atoms with van der Waals surface area (Å²) >= 11 is 4.22. The van der Waals surface area contributed by atoms with Crippen molar-refractivity contribution in [3.05, 3.63) is 102 Å². The molecule has 1 aromatic heterocycles. The van der Waals surface area contributed by atoms with Crippen LogP contribution in [0.2, 0.25) is 0 Å². The number of aliphatic carboxylic acids is 1. The molecule has 230 valence electrons. The van der Waals surface area contributed by atoms with Crippen molar-refractivity contribution in [1.29, 1.82) is 0 Å². The Morgan fingerprint density at radius 1 is 0.727 bits per heavy atom. The molecule has 44 heavy (non-hydrogen) atoms. The van der Waals surface area contributed by atoms with Crippen LogP contribution in [0.25, 0.3) is 10.9 Å². The molecule has 0 fully saturated rings. The molecule has 1 heterocycles. The van der Waals surface area contributed by atoms with Gasteiger partial charge in [-0.05, 0) is 41.3 Å². The molecule has 3 aromatic carbocycles. The van der Waals surface area contributed by atoms with E-state index in [4.69, 9.17) is 5.73 Å². The molecule has 12 heteroatoms. The van der Waals surface area contributed by atoms with Crippen molar-refractivity contribution < 1.29 is 29.4 Å². The van der Waals surface area contributed by atoms with E-state index < -0.39 is 47.9 Å². The molecule has 0 bridgehead atoms. The van der Waals surface area contributed by atoms with Gasteiger partial charge in [0.15, 0.2) is 0 Å². The van der Waals surface area contributed by atoms with Crippen LogP contribution in [0.1, 0.15) is 16.7 Å². The van der Waals surface area contributed by atoms with E-state index in [1.807, 2.05) is 24.3 Å². The number of nitrogens with one attached hydrogen (secondary N) is 4. The Kier molecular flexibility index (Phi) is 11.0. The lowest BCUT2D eigenvalue weighted by atomic mass is 10.0. The van der Waals surface area contributed by atoms with Crippen molar-refractivity contribution in [2.75, 3.05) is 5.75 Å². The van der Waals surface area contributed by atoms with Gasteiger partial charge in [0.25, 0.3) is 0 Å². The second-order valence-corrected chi connectivity index (χ2v) is 10.8. The number of carboxylic acids is 1. The highest BCUT2D eigenvalue weighted by molar-refractivity contribution is 7.80. The molecular weight excluding hydrogens is 582 g/mol. The van der Waals surface area contributed by atoms with Gasteiger partial charge in [0, 0.05) is 35.7 Å². The van der Waals surface area contributed by atoms with Gasteiger partial charge in [0.05, 0.1) is 6.04 Å². The number of benzene rings is 3. The molecule has 11 nitrogen and oxygen atoms in total. The average Bonchev–Trinajstić information content (AvgIpc) is 3.43. The summed E-state index contributed by atoms with van der Waals surface area (Å²) in [7, 11) is 0. The molecule has 4 atom stereocenters. The van der Waals surface area contributed by atoms with Gasteiger partial charge in [-0.15, -0.1) is 0 Å². The van der Waals surface area contributed by atoms with Gasteiger partial charge in [-0.25, -0.2) is 4.79 Å². The lowest BCUT2D eigenvalue weighted by Gasteiger charge is -2.24. The summed E-state index contributed by atoms with van der Waals surface area (Å²) in [6, 6.07) is 18.1. The number of fused-ring (bicyclic) bond motifs is 1. The first-order valence-corrected chi connectivity index (χ1v) is 14.6. The Balaban J connectivity index is 1.49. The number of amides is 3. The molecular formula is C32H35N5O6S. The fourth-order valence-corrected chi connectivity index (χ4v) is 5.03. The number of rotatable bonds is 14. The Morgan fingerprint density at radius 3 is 2.00 bits per heavy atom. The van der Waals surface area contributed by atoms with E-state index in [1.165, 1.54) is 12.1 Å². The van der Waals surface area contributed by atoms with Crippen LogP contribution in [-0.4, -0.2) is 68.8 Å². The maximum atomic E-state index is 13.6. The number of H-pyrrole nitrogens is 1. The third-order valence-electron chi connectivity index (χ3n) is 7.17. The van der Waals surface area contributed by atoms with Gasteiger partial charge < -0.3 is 36.9 Å². The number of phenolic OH excluding ortho intramolecular Hbond substituents is 1. The van der Waals surface area contributed by atoms with Gasteiger partial charge in [0.2, 0.25) is 17.7 Å². The van der Waals surface area contributed by atoms with E-state index in [1.54, 1.807) is 48.7 Å². The number of hydrogen-bond acceptors (Lipinski definition) is 7. The van der Waals surface area contributed by atoms with E-state index in [2.05, 4.69) is 33.6 Å². The van der Waals surface area contributed by atoms with E-state index in [0.717, 1.165) is 27.6 Å². The zero-order valence-electron chi connectivity index (χ0n) is 23.8. The number of aromatic amines is 1. The van der Waals surface area contributed by atoms with Gasteiger partial charge in [-0.3, -0.25) is 14.4 Å². The number of para-hydroxylation sites is 1. The Morgan fingerprint density at radius 2 is 1.32 bits per heavy atom. The summed E-state index contributed by atoms with van der Waals surface area (Å²) in [4.78, 5) is 54.9. The van der Waals surface area contributed by atoms with Crippen LogP contribution in [0, 0.1) is 0 Å². The first-order valence-electron chi connectivity index (χ1n) is 14.0. The molecule has 4 unspecified atom stereocenters. The highest BCUT2D eigenvalue weighted by Gasteiger charge is 2.30. The number of carbonyl (C=O) groups is 4. The van der Waals surface area contributed by atoms with E-state index >= 15 is 0 Å². The lowest BCUT2D eigenvalue weighted by molar-refractivity contribution is -0.142. The molecule has 0 aliphatic rings. The van der Waals surface area contributed by atoms with E-state index in [-0.39, 0.29) is 30.8 Å². The summed E-state index contributed by atoms with van der Waals surface area (Å²) in [5.41, 5.74) is 9.23. The molecule has 0 aliphatic carbocycles. The van der Waals surface area contributed by atoms with Gasteiger partial charge in [0.1, 0.15) is 23.9 Å². The van der Waals surface area contributed by atoms with Crippen LogP contribution >= 0.6 is 12.6 Å². The summed E-state index contributed by atoms with van der Waals surface area (Å²) in [5.74, 6) is -3.23. The third kappa shape index (κ3) is 8.62. The first-order chi connectivity index (χ1) is 21.1. The quantitative estimate of drug-likeness (QED) is 0.0989. The zero-order chi connectivity index (χ0) is 31.6. The van der Waals surface area contributed by atoms with Crippen molar-refractivity contribution in [1.82, 2.24) is 20.9 Å². The number of phenols is 1. The van der Waals surface area contributed by atoms with Crippen molar-refractivity contribution in [3.8, 4) is 5.75 Å². The maximum Gasteiger partial charge on any atom is 0.326 e. The minimum absolute atomic E-state index is 0.0489. The largest absolute Gasteiger partial charge is 0.508 e. The fourth-order valence-electron chi connectivity index (χ4n) is 4.78.